The van der Waals surface area contributed by atoms with Gasteiger partial charge in [-0.25, -0.2) is 9.78 Å². The summed E-state index contributed by atoms with van der Waals surface area (Å²) in [5.41, 5.74) is 3.29. The fourth-order valence-electron chi connectivity index (χ4n) is 2.13. The zero-order chi connectivity index (χ0) is 14.8. The molecule has 1 saturated carbocycles. The molecule has 2 aromatic rings. The smallest absolute Gasteiger partial charge is 0.323 e. The van der Waals surface area contributed by atoms with E-state index in [4.69, 9.17) is 5.11 Å². The van der Waals surface area contributed by atoms with Gasteiger partial charge in [-0.05, 0) is 37.0 Å². The van der Waals surface area contributed by atoms with E-state index in [9.17, 15) is 9.59 Å². The monoisotopic (exact) mass is 305 g/mol. The molecule has 6 nitrogen and oxygen atoms in total. The van der Waals surface area contributed by atoms with E-state index < -0.39 is 5.97 Å². The highest BCUT2D eigenvalue weighted by Gasteiger charge is 2.28. The molecule has 1 aromatic heterocycles. The lowest BCUT2D eigenvalue weighted by atomic mass is 10.3. The summed E-state index contributed by atoms with van der Waals surface area (Å²) in [5.74, 6) is -0.553. The van der Waals surface area contributed by atoms with E-state index in [1.807, 2.05) is 12.1 Å². The third kappa shape index (κ3) is 3.49. The fourth-order valence-corrected chi connectivity index (χ4v) is 2.85. The Balaban J connectivity index is 1.70. The molecule has 7 heteroatoms. The topological polar surface area (TPSA) is 82.5 Å². The molecule has 1 heterocycles. The van der Waals surface area contributed by atoms with Gasteiger partial charge >= 0.3 is 12.0 Å². The number of amides is 2. The highest BCUT2D eigenvalue weighted by Crippen LogP contribution is 2.30. The molecule has 1 aromatic carbocycles. The van der Waals surface area contributed by atoms with E-state index in [2.05, 4.69) is 10.3 Å². The number of nitrogens with zero attached hydrogens (tertiary/aromatic N) is 2. The summed E-state index contributed by atoms with van der Waals surface area (Å²) in [7, 11) is 0. The van der Waals surface area contributed by atoms with Gasteiger partial charge in [-0.15, -0.1) is 11.3 Å². The van der Waals surface area contributed by atoms with Crippen molar-refractivity contribution in [1.82, 2.24) is 9.88 Å². The second-order valence-corrected chi connectivity index (χ2v) is 6.07. The van der Waals surface area contributed by atoms with Crippen molar-refractivity contribution in [2.45, 2.75) is 12.8 Å². The van der Waals surface area contributed by atoms with Gasteiger partial charge in [-0.2, -0.15) is 0 Å². The molecule has 0 atom stereocenters. The van der Waals surface area contributed by atoms with Crippen molar-refractivity contribution in [1.29, 1.82) is 0 Å². The Morgan fingerprint density at radius 2 is 2.24 bits per heavy atom. The van der Waals surface area contributed by atoms with E-state index in [0.717, 1.165) is 23.1 Å². The van der Waals surface area contributed by atoms with Crippen LogP contribution in [-0.2, 0) is 4.79 Å². The summed E-state index contributed by atoms with van der Waals surface area (Å²) in [6, 6.07) is 5.09. The van der Waals surface area contributed by atoms with Gasteiger partial charge in [-0.1, -0.05) is 0 Å². The standard InChI is InChI=1S/C14H15N3O3S/c18-13(19)7-17(6-9-1-2-9)14(20)16-10-3-4-11-12(5-10)21-8-15-11/h3-5,8-9H,1-2,6-7H2,(H,16,20)(H,18,19). The van der Waals surface area contributed by atoms with Crippen molar-refractivity contribution in [3.63, 3.8) is 0 Å². The molecule has 0 aliphatic heterocycles. The maximum atomic E-state index is 12.2. The van der Waals surface area contributed by atoms with Crippen LogP contribution in [0, 0.1) is 5.92 Å². The van der Waals surface area contributed by atoms with Crippen LogP contribution in [0.3, 0.4) is 0 Å². The van der Waals surface area contributed by atoms with Crippen molar-refractivity contribution in [3.8, 4) is 0 Å². The van der Waals surface area contributed by atoms with Gasteiger partial charge in [0.25, 0.3) is 0 Å². The summed E-state index contributed by atoms with van der Waals surface area (Å²) in [6.45, 7) is 0.228. The van der Waals surface area contributed by atoms with Crippen molar-refractivity contribution in [3.05, 3.63) is 23.7 Å². The first-order valence-corrected chi connectivity index (χ1v) is 7.61. The number of anilines is 1. The van der Waals surface area contributed by atoms with Crippen molar-refractivity contribution >= 4 is 39.2 Å². The molecule has 0 bridgehead atoms. The minimum Gasteiger partial charge on any atom is -0.480 e. The van der Waals surface area contributed by atoms with E-state index in [0.29, 0.717) is 18.2 Å². The molecule has 1 fully saturated rings. The number of carbonyl (C=O) groups excluding carboxylic acids is 1. The Hall–Kier alpha value is -2.15. The third-order valence-electron chi connectivity index (χ3n) is 3.37. The number of hydrogen-bond acceptors (Lipinski definition) is 4. The number of nitrogens with one attached hydrogen (secondary N) is 1. The minimum atomic E-state index is -0.997. The number of carbonyl (C=O) groups is 2. The zero-order valence-corrected chi connectivity index (χ0v) is 12.1. The first-order chi connectivity index (χ1) is 10.1. The third-order valence-corrected chi connectivity index (χ3v) is 4.16. The minimum absolute atomic E-state index is 0.273. The molecular weight excluding hydrogens is 290 g/mol. The number of thiazole rings is 1. The quantitative estimate of drug-likeness (QED) is 0.889. The second-order valence-electron chi connectivity index (χ2n) is 5.18. The predicted molar refractivity (Wildman–Crippen MR) is 80.6 cm³/mol. The SMILES string of the molecule is O=C(O)CN(CC1CC1)C(=O)Nc1ccc2ncsc2c1. The molecule has 2 amide bonds. The van der Waals surface area contributed by atoms with Gasteiger partial charge in [0.15, 0.2) is 0 Å². The van der Waals surface area contributed by atoms with Gasteiger partial charge in [0.2, 0.25) is 0 Å². The average Bonchev–Trinajstić information content (AvgIpc) is 3.13. The van der Waals surface area contributed by atoms with Gasteiger partial charge in [0.05, 0.1) is 15.7 Å². The van der Waals surface area contributed by atoms with Crippen LogP contribution >= 0.6 is 11.3 Å². The van der Waals surface area contributed by atoms with Gasteiger partial charge < -0.3 is 15.3 Å². The molecule has 0 radical (unpaired) electrons. The van der Waals surface area contributed by atoms with Crippen molar-refractivity contribution < 1.29 is 14.7 Å². The molecule has 0 unspecified atom stereocenters. The van der Waals surface area contributed by atoms with Crippen molar-refractivity contribution in [2.75, 3.05) is 18.4 Å². The Bertz CT molecular complexity index is 681. The predicted octanol–water partition coefficient (Wildman–Crippen LogP) is 2.62. The maximum absolute atomic E-state index is 12.2. The molecule has 110 valence electrons. The Morgan fingerprint density at radius 3 is 2.95 bits per heavy atom. The largest absolute Gasteiger partial charge is 0.480 e. The first-order valence-electron chi connectivity index (χ1n) is 6.73. The lowest BCUT2D eigenvalue weighted by molar-refractivity contribution is -0.137. The van der Waals surface area contributed by atoms with Gasteiger partial charge in [0, 0.05) is 12.2 Å². The number of rotatable bonds is 5. The number of hydrogen-bond donors (Lipinski definition) is 2. The maximum Gasteiger partial charge on any atom is 0.323 e. The molecule has 0 spiro atoms. The molecule has 3 rings (SSSR count). The van der Waals surface area contributed by atoms with E-state index >= 15 is 0 Å². The number of carboxylic acids is 1. The Kier molecular flexibility index (Phi) is 3.74. The summed E-state index contributed by atoms with van der Waals surface area (Å²) < 4.78 is 0.986. The number of fused-ring (bicyclic) bond motifs is 1. The van der Waals surface area contributed by atoms with Crippen LogP contribution in [0.2, 0.25) is 0 Å². The summed E-state index contributed by atoms with van der Waals surface area (Å²) in [4.78, 5) is 28.6. The lowest BCUT2D eigenvalue weighted by Gasteiger charge is -2.21. The second kappa shape index (κ2) is 5.69. The highest BCUT2D eigenvalue weighted by atomic mass is 32.1. The first kappa shape index (κ1) is 13.8. The molecular formula is C14H15N3O3S. The van der Waals surface area contributed by atoms with Crippen LogP contribution in [0.15, 0.2) is 23.7 Å². The van der Waals surface area contributed by atoms with E-state index in [-0.39, 0.29) is 12.6 Å². The molecule has 0 saturated heterocycles. The number of urea groups is 1. The number of benzene rings is 1. The van der Waals surface area contributed by atoms with Crippen molar-refractivity contribution in [2.24, 2.45) is 5.92 Å². The Morgan fingerprint density at radius 1 is 1.43 bits per heavy atom. The van der Waals surface area contributed by atoms with E-state index in [1.54, 1.807) is 11.6 Å². The van der Waals surface area contributed by atoms with Crippen LogP contribution in [0.4, 0.5) is 10.5 Å². The van der Waals surface area contributed by atoms with Crippen LogP contribution < -0.4 is 5.32 Å². The number of aliphatic carboxylic acids is 1. The van der Waals surface area contributed by atoms with Gasteiger partial charge in [0.1, 0.15) is 6.54 Å². The molecule has 1 aliphatic carbocycles. The summed E-state index contributed by atoms with van der Waals surface area (Å²) in [5, 5.41) is 11.7. The highest BCUT2D eigenvalue weighted by molar-refractivity contribution is 7.16. The summed E-state index contributed by atoms with van der Waals surface area (Å²) in [6.07, 6.45) is 2.13. The van der Waals surface area contributed by atoms with E-state index in [1.165, 1.54) is 16.2 Å². The molecule has 21 heavy (non-hydrogen) atoms. The molecule has 2 N–H and O–H groups in total. The number of carboxylic acid groups (broad SMARTS) is 1. The fraction of sp³-hybridized carbons (Fsp3) is 0.357. The normalized spacial score (nSPS) is 14.1. The van der Waals surface area contributed by atoms with Crippen LogP contribution in [0.25, 0.3) is 10.2 Å². The summed E-state index contributed by atoms with van der Waals surface area (Å²) >= 11 is 1.50. The lowest BCUT2D eigenvalue weighted by Crippen LogP contribution is -2.40. The van der Waals surface area contributed by atoms with Gasteiger partial charge in [-0.3, -0.25) is 4.79 Å². The number of aromatic nitrogens is 1. The van der Waals surface area contributed by atoms with Crippen LogP contribution in [0.5, 0.6) is 0 Å². The van der Waals surface area contributed by atoms with Crippen LogP contribution in [0.1, 0.15) is 12.8 Å². The zero-order valence-electron chi connectivity index (χ0n) is 11.3. The van der Waals surface area contributed by atoms with Crippen LogP contribution in [-0.4, -0.2) is 40.1 Å². The molecule has 1 aliphatic rings. The Labute approximate surface area is 125 Å². The average molecular weight is 305 g/mol.